The van der Waals surface area contributed by atoms with E-state index in [9.17, 15) is 14.4 Å². The van der Waals surface area contributed by atoms with Crippen molar-refractivity contribution in [2.75, 3.05) is 39.3 Å². The lowest BCUT2D eigenvalue weighted by atomic mass is 10.0. The van der Waals surface area contributed by atoms with Gasteiger partial charge >= 0.3 is 5.97 Å². The number of carbonyl (C=O) groups excluding carboxylic acids is 3. The van der Waals surface area contributed by atoms with Crippen molar-refractivity contribution in [3.8, 4) is 0 Å². The number of esters is 1. The highest BCUT2D eigenvalue weighted by Gasteiger charge is 2.34. The highest BCUT2D eigenvalue weighted by molar-refractivity contribution is 6.42. The Morgan fingerprint density at radius 3 is 2.39 bits per heavy atom. The molecule has 3 aliphatic rings. The molecule has 0 spiro atoms. The highest BCUT2D eigenvalue weighted by Crippen LogP contribution is 2.34. The molecule has 1 aromatic rings. The van der Waals surface area contributed by atoms with Gasteiger partial charge in [-0.1, -0.05) is 46.0 Å². The van der Waals surface area contributed by atoms with E-state index in [0.717, 1.165) is 29.6 Å². The molecule has 41 heavy (non-hydrogen) atoms. The van der Waals surface area contributed by atoms with E-state index < -0.39 is 11.9 Å². The number of fused-ring (bicyclic) bond motifs is 3. The molecule has 10 heteroatoms. The van der Waals surface area contributed by atoms with Crippen LogP contribution in [0.4, 0.5) is 0 Å². The van der Waals surface area contributed by atoms with Crippen molar-refractivity contribution in [2.24, 2.45) is 0 Å². The van der Waals surface area contributed by atoms with Crippen molar-refractivity contribution >= 4 is 52.6 Å². The fourth-order valence-corrected chi connectivity index (χ4v) is 5.99. The molecule has 2 bridgehead atoms. The molecule has 0 N–H and O–H groups in total. The number of benzene rings is 1. The van der Waals surface area contributed by atoms with Gasteiger partial charge in [0.2, 0.25) is 0 Å². The molecular formula is C31H36Cl3N3O4. The maximum absolute atomic E-state index is 14.2. The van der Waals surface area contributed by atoms with E-state index in [2.05, 4.69) is 0 Å². The van der Waals surface area contributed by atoms with Crippen LogP contribution in [0.5, 0.6) is 0 Å². The molecule has 2 fully saturated rings. The van der Waals surface area contributed by atoms with Gasteiger partial charge < -0.3 is 19.4 Å². The van der Waals surface area contributed by atoms with E-state index in [1.54, 1.807) is 34.9 Å². The molecule has 7 nitrogen and oxygen atoms in total. The number of rotatable bonds is 6. The normalized spacial score (nSPS) is 22.3. The van der Waals surface area contributed by atoms with Crippen molar-refractivity contribution in [2.45, 2.75) is 51.8 Å². The van der Waals surface area contributed by atoms with Gasteiger partial charge in [0, 0.05) is 49.9 Å². The molecule has 1 aromatic carbocycles. The lowest BCUT2D eigenvalue weighted by Gasteiger charge is -2.38. The van der Waals surface area contributed by atoms with Crippen molar-refractivity contribution in [1.29, 1.82) is 0 Å². The Balaban J connectivity index is 1.73. The van der Waals surface area contributed by atoms with Crippen LogP contribution in [0.15, 0.2) is 64.5 Å². The Morgan fingerprint density at radius 2 is 1.73 bits per heavy atom. The lowest BCUT2D eigenvalue weighted by Crippen LogP contribution is -2.49. The Hall–Kier alpha value is -2.74. The predicted octanol–water partition coefficient (Wildman–Crippen LogP) is 6.37. The number of piperazine rings is 1. The molecule has 4 rings (SSSR count). The van der Waals surface area contributed by atoms with Gasteiger partial charge in [0.1, 0.15) is 5.57 Å². The van der Waals surface area contributed by atoms with Crippen molar-refractivity contribution in [3.63, 3.8) is 0 Å². The quantitative estimate of drug-likeness (QED) is 0.160. The van der Waals surface area contributed by atoms with Crippen LogP contribution in [-0.4, -0.2) is 77.2 Å². The highest BCUT2D eigenvalue weighted by atomic mass is 35.5. The van der Waals surface area contributed by atoms with Crippen LogP contribution in [0.25, 0.3) is 0 Å². The summed E-state index contributed by atoms with van der Waals surface area (Å²) in [4.78, 5) is 46.2. The molecule has 2 amide bonds. The van der Waals surface area contributed by atoms with E-state index in [1.165, 1.54) is 0 Å². The van der Waals surface area contributed by atoms with Crippen molar-refractivity contribution < 1.29 is 19.1 Å². The summed E-state index contributed by atoms with van der Waals surface area (Å²) in [5.41, 5.74) is 4.16. The van der Waals surface area contributed by atoms with Gasteiger partial charge in [-0.15, -0.1) is 11.6 Å². The fourth-order valence-electron chi connectivity index (χ4n) is 5.30. The summed E-state index contributed by atoms with van der Waals surface area (Å²) < 4.78 is 5.44. The molecule has 2 heterocycles. The first kappa shape index (κ1) is 31.2. The topological polar surface area (TPSA) is 70.2 Å². The minimum absolute atomic E-state index is 0.00281. The Kier molecular flexibility index (Phi) is 10.6. The molecule has 0 aromatic heterocycles. The molecule has 1 atom stereocenters. The zero-order chi connectivity index (χ0) is 29.7. The van der Waals surface area contributed by atoms with Gasteiger partial charge in [-0.2, -0.15) is 0 Å². The maximum atomic E-state index is 14.2. The van der Waals surface area contributed by atoms with Gasteiger partial charge in [0.05, 0.1) is 22.3 Å². The van der Waals surface area contributed by atoms with Crippen LogP contribution in [0, 0.1) is 0 Å². The number of ether oxygens (including phenoxy) is 1. The molecule has 1 aliphatic carbocycles. The van der Waals surface area contributed by atoms with Crippen molar-refractivity contribution in [3.05, 3.63) is 80.1 Å². The average molecular weight is 621 g/mol. The molecule has 1 saturated carbocycles. The van der Waals surface area contributed by atoms with Crippen LogP contribution in [-0.2, 0) is 14.3 Å². The monoisotopic (exact) mass is 619 g/mol. The number of allylic oxidation sites excluding steroid dienone is 4. The van der Waals surface area contributed by atoms with Gasteiger partial charge in [-0.25, -0.2) is 4.79 Å². The molecule has 1 saturated heterocycles. The number of alkyl halides is 1. The van der Waals surface area contributed by atoms with Crippen LogP contribution >= 0.6 is 34.8 Å². The van der Waals surface area contributed by atoms with E-state index in [1.807, 2.05) is 37.1 Å². The summed E-state index contributed by atoms with van der Waals surface area (Å²) >= 11 is 18.9. The Labute approximate surface area is 257 Å². The number of hydrogen-bond donors (Lipinski definition) is 0. The second-order valence-electron chi connectivity index (χ2n) is 10.6. The van der Waals surface area contributed by atoms with E-state index in [-0.39, 0.29) is 23.5 Å². The third-order valence-corrected chi connectivity index (χ3v) is 8.66. The molecule has 2 aliphatic heterocycles. The van der Waals surface area contributed by atoms with Gasteiger partial charge in [-0.05, 0) is 70.7 Å². The summed E-state index contributed by atoms with van der Waals surface area (Å²) in [7, 11) is 0. The van der Waals surface area contributed by atoms with Crippen LogP contribution in [0.1, 0.15) is 56.8 Å². The summed E-state index contributed by atoms with van der Waals surface area (Å²) in [6.45, 7) is 7.77. The lowest BCUT2D eigenvalue weighted by molar-refractivity contribution is -0.141. The summed E-state index contributed by atoms with van der Waals surface area (Å²) in [5.74, 6) is -1.21. The smallest absolute Gasteiger partial charge is 0.345 e. The SMILES string of the molecule is C/C=C(\C)CN1C=C2CCC(=C/C(N3CCN(C(=O)c4ccc(Cl)c(Cl)c4)CC3)=C(/C(=O)OCC)C1=O)CC(Cl)C2. The minimum Gasteiger partial charge on any atom is -0.462 e. The maximum Gasteiger partial charge on any atom is 0.345 e. The van der Waals surface area contributed by atoms with Crippen LogP contribution in [0.2, 0.25) is 10.0 Å². The first-order chi connectivity index (χ1) is 19.6. The molecular weight excluding hydrogens is 585 g/mol. The summed E-state index contributed by atoms with van der Waals surface area (Å²) in [5, 5.41) is 0.599. The number of carbonyl (C=O) groups is 3. The predicted molar refractivity (Wildman–Crippen MR) is 163 cm³/mol. The van der Waals surface area contributed by atoms with E-state index >= 15 is 0 Å². The zero-order valence-electron chi connectivity index (χ0n) is 23.7. The second kappa shape index (κ2) is 14.0. The largest absolute Gasteiger partial charge is 0.462 e. The summed E-state index contributed by atoms with van der Waals surface area (Å²) in [6.07, 6.45) is 8.72. The van der Waals surface area contributed by atoms with Crippen LogP contribution < -0.4 is 0 Å². The van der Waals surface area contributed by atoms with E-state index in [4.69, 9.17) is 39.5 Å². The number of amides is 2. The third kappa shape index (κ3) is 7.56. The Morgan fingerprint density at radius 1 is 1.05 bits per heavy atom. The first-order valence-corrected chi connectivity index (χ1v) is 15.2. The first-order valence-electron chi connectivity index (χ1n) is 14.0. The summed E-state index contributed by atoms with van der Waals surface area (Å²) in [6, 6.07) is 4.84. The molecule has 0 radical (unpaired) electrons. The average Bonchev–Trinajstić information content (AvgIpc) is 3.13. The number of nitrogens with zero attached hydrogens (tertiary/aromatic N) is 3. The minimum atomic E-state index is -0.655. The van der Waals surface area contributed by atoms with Crippen molar-refractivity contribution in [1.82, 2.24) is 14.7 Å². The number of halogens is 3. The molecule has 220 valence electrons. The standard InChI is InChI=1S/C31H36Cl3N3O4/c1-4-20(3)18-37-19-22-7-6-21(14-24(32)15-22)16-27(28(30(37)39)31(40)41-5-2)35-10-12-36(13-11-35)29(38)23-8-9-25(33)26(34)17-23/h4,8-9,16-17,19,24H,5-7,10-15,18H2,1-3H3/b20-4+,21-16?,22-19?,28-27-. The Bertz CT molecular complexity index is 1330. The van der Waals surface area contributed by atoms with E-state index in [0.29, 0.717) is 66.9 Å². The number of hydrogen-bond acceptors (Lipinski definition) is 5. The van der Waals surface area contributed by atoms with Gasteiger partial charge in [-0.3, -0.25) is 9.59 Å². The van der Waals surface area contributed by atoms with Gasteiger partial charge in [0.25, 0.3) is 11.8 Å². The zero-order valence-corrected chi connectivity index (χ0v) is 26.0. The second-order valence-corrected chi connectivity index (χ2v) is 12.0. The fraction of sp³-hybridized carbons (Fsp3) is 0.452. The van der Waals surface area contributed by atoms with Crippen LogP contribution in [0.3, 0.4) is 0 Å². The van der Waals surface area contributed by atoms with Gasteiger partial charge in [0.15, 0.2) is 0 Å². The third-order valence-electron chi connectivity index (χ3n) is 7.61. The molecule has 1 unspecified atom stereocenters.